The second-order valence-corrected chi connectivity index (χ2v) is 3.96. The Morgan fingerprint density at radius 2 is 2.28 bits per heavy atom. The third kappa shape index (κ3) is 1.45. The molecule has 0 amide bonds. The Kier molecular flexibility index (Phi) is 2.31. The lowest BCUT2D eigenvalue weighted by molar-refractivity contribution is 0.561. The molecule has 18 heavy (non-hydrogen) atoms. The van der Waals surface area contributed by atoms with Gasteiger partial charge in [0.05, 0.1) is 11.8 Å². The van der Waals surface area contributed by atoms with E-state index in [1.54, 1.807) is 18.4 Å². The van der Waals surface area contributed by atoms with Crippen LogP contribution in [0.5, 0.6) is 0 Å². The minimum Gasteiger partial charge on any atom is -0.464 e. The summed E-state index contributed by atoms with van der Waals surface area (Å²) < 4.78 is 10.9. The van der Waals surface area contributed by atoms with E-state index >= 15 is 0 Å². The molecular weight excluding hydrogens is 228 g/mol. The zero-order chi connectivity index (χ0) is 12.5. The summed E-state index contributed by atoms with van der Waals surface area (Å²) in [4.78, 5) is 0. The second kappa shape index (κ2) is 3.97. The highest BCUT2D eigenvalue weighted by atomic mass is 16.4. The highest BCUT2D eigenvalue weighted by Gasteiger charge is 2.24. The van der Waals surface area contributed by atoms with E-state index in [0.29, 0.717) is 22.6 Å². The second-order valence-electron chi connectivity index (χ2n) is 3.96. The molecule has 88 valence electrons. The molecule has 2 aromatic rings. The van der Waals surface area contributed by atoms with Crippen LogP contribution < -0.4 is 5.73 Å². The molecule has 0 aliphatic heterocycles. The SMILES string of the molecule is N#Cc1c(N)oc(C2=CC=CC2)c1-c1ccco1. The van der Waals surface area contributed by atoms with Crippen molar-refractivity contribution in [1.82, 2.24) is 0 Å². The van der Waals surface area contributed by atoms with Crippen LogP contribution in [-0.4, -0.2) is 0 Å². The van der Waals surface area contributed by atoms with Crippen LogP contribution in [0.15, 0.2) is 45.5 Å². The van der Waals surface area contributed by atoms with Gasteiger partial charge < -0.3 is 14.6 Å². The van der Waals surface area contributed by atoms with Gasteiger partial charge in [0.25, 0.3) is 0 Å². The number of nitrogens with zero attached hydrogens (tertiary/aromatic N) is 1. The zero-order valence-electron chi connectivity index (χ0n) is 9.51. The molecule has 3 rings (SSSR count). The number of nitrogen functional groups attached to an aromatic ring is 1. The van der Waals surface area contributed by atoms with Crippen LogP contribution in [0, 0.1) is 11.3 Å². The number of hydrogen-bond donors (Lipinski definition) is 1. The first-order valence-electron chi connectivity index (χ1n) is 5.53. The molecule has 0 saturated heterocycles. The van der Waals surface area contributed by atoms with Gasteiger partial charge in [-0.15, -0.1) is 0 Å². The fraction of sp³-hybridized carbons (Fsp3) is 0.0714. The summed E-state index contributed by atoms with van der Waals surface area (Å²) in [6.07, 6.45) is 8.25. The van der Waals surface area contributed by atoms with Crippen molar-refractivity contribution in [2.45, 2.75) is 6.42 Å². The molecule has 0 spiro atoms. The van der Waals surface area contributed by atoms with Gasteiger partial charge in [-0.2, -0.15) is 5.26 Å². The van der Waals surface area contributed by atoms with E-state index in [9.17, 15) is 5.26 Å². The number of anilines is 1. The molecule has 1 aliphatic carbocycles. The van der Waals surface area contributed by atoms with Crippen LogP contribution in [0.3, 0.4) is 0 Å². The Morgan fingerprint density at radius 1 is 1.39 bits per heavy atom. The van der Waals surface area contributed by atoms with Crippen molar-refractivity contribution in [3.63, 3.8) is 0 Å². The summed E-state index contributed by atoms with van der Waals surface area (Å²) in [5.74, 6) is 1.34. The molecule has 2 heterocycles. The highest BCUT2D eigenvalue weighted by molar-refractivity contribution is 5.85. The van der Waals surface area contributed by atoms with Gasteiger partial charge in [-0.3, -0.25) is 0 Å². The number of hydrogen-bond acceptors (Lipinski definition) is 4. The minimum atomic E-state index is 0.131. The van der Waals surface area contributed by atoms with Crippen molar-refractivity contribution in [2.75, 3.05) is 5.73 Å². The molecule has 4 nitrogen and oxygen atoms in total. The van der Waals surface area contributed by atoms with Gasteiger partial charge in [0.15, 0.2) is 0 Å². The van der Waals surface area contributed by atoms with Crippen molar-refractivity contribution in [3.8, 4) is 17.4 Å². The summed E-state index contributed by atoms with van der Waals surface area (Å²) in [7, 11) is 0. The third-order valence-electron chi connectivity index (χ3n) is 2.88. The summed E-state index contributed by atoms with van der Waals surface area (Å²) >= 11 is 0. The van der Waals surface area contributed by atoms with Crippen LogP contribution in [0.25, 0.3) is 16.9 Å². The Morgan fingerprint density at radius 3 is 2.89 bits per heavy atom. The maximum Gasteiger partial charge on any atom is 0.209 e. The Labute approximate surface area is 104 Å². The molecule has 0 unspecified atom stereocenters. The van der Waals surface area contributed by atoms with Crippen molar-refractivity contribution < 1.29 is 8.83 Å². The number of rotatable bonds is 2. The number of nitriles is 1. The molecule has 1 aliphatic rings. The van der Waals surface area contributed by atoms with Gasteiger partial charge in [0.1, 0.15) is 23.2 Å². The van der Waals surface area contributed by atoms with Crippen molar-refractivity contribution in [2.24, 2.45) is 0 Å². The zero-order valence-corrected chi connectivity index (χ0v) is 9.51. The van der Waals surface area contributed by atoms with Gasteiger partial charge in [-0.05, 0) is 24.1 Å². The van der Waals surface area contributed by atoms with E-state index in [1.807, 2.05) is 18.2 Å². The predicted molar refractivity (Wildman–Crippen MR) is 67.3 cm³/mol. The standard InChI is InChI=1S/C14H10N2O2/c15-8-10-12(11-6-3-7-17-11)13(18-14(10)16)9-4-1-2-5-9/h1-4,6-7H,5,16H2. The Balaban J connectivity index is 2.24. The summed E-state index contributed by atoms with van der Waals surface area (Å²) in [6, 6.07) is 5.63. The summed E-state index contributed by atoms with van der Waals surface area (Å²) in [5, 5.41) is 9.19. The van der Waals surface area contributed by atoms with Crippen molar-refractivity contribution in [1.29, 1.82) is 5.26 Å². The van der Waals surface area contributed by atoms with E-state index in [-0.39, 0.29) is 5.88 Å². The van der Waals surface area contributed by atoms with Gasteiger partial charge >= 0.3 is 0 Å². The smallest absolute Gasteiger partial charge is 0.209 e. The highest BCUT2D eigenvalue weighted by Crippen LogP contribution is 2.39. The molecule has 0 atom stereocenters. The minimum absolute atomic E-state index is 0.131. The predicted octanol–water partition coefficient (Wildman–Crippen LogP) is 3.34. The fourth-order valence-corrected chi connectivity index (χ4v) is 2.06. The number of furan rings is 2. The molecule has 0 aromatic carbocycles. The van der Waals surface area contributed by atoms with Gasteiger partial charge in [-0.25, -0.2) is 0 Å². The van der Waals surface area contributed by atoms with Crippen LogP contribution in [-0.2, 0) is 0 Å². The van der Waals surface area contributed by atoms with E-state index in [0.717, 1.165) is 12.0 Å². The van der Waals surface area contributed by atoms with E-state index in [1.165, 1.54) is 0 Å². The molecule has 0 radical (unpaired) electrons. The quantitative estimate of drug-likeness (QED) is 0.870. The topological polar surface area (TPSA) is 76.1 Å². The van der Waals surface area contributed by atoms with Crippen LogP contribution in [0.4, 0.5) is 5.88 Å². The first-order chi connectivity index (χ1) is 8.81. The van der Waals surface area contributed by atoms with Crippen LogP contribution >= 0.6 is 0 Å². The van der Waals surface area contributed by atoms with Gasteiger partial charge in [0.2, 0.25) is 5.88 Å². The lowest BCUT2D eigenvalue weighted by atomic mass is 10.0. The summed E-state index contributed by atoms with van der Waals surface area (Å²) in [6.45, 7) is 0. The lowest BCUT2D eigenvalue weighted by Crippen LogP contribution is -1.86. The molecule has 4 heteroatoms. The first kappa shape index (κ1) is 10.5. The van der Waals surface area contributed by atoms with Crippen LogP contribution in [0.1, 0.15) is 17.7 Å². The van der Waals surface area contributed by atoms with Crippen molar-refractivity contribution >= 4 is 11.5 Å². The molecule has 0 fully saturated rings. The molecule has 0 bridgehead atoms. The first-order valence-corrected chi connectivity index (χ1v) is 5.53. The number of allylic oxidation sites excluding steroid dienone is 4. The third-order valence-corrected chi connectivity index (χ3v) is 2.88. The monoisotopic (exact) mass is 238 g/mol. The average molecular weight is 238 g/mol. The fourth-order valence-electron chi connectivity index (χ4n) is 2.06. The van der Waals surface area contributed by atoms with Crippen LogP contribution in [0.2, 0.25) is 0 Å². The average Bonchev–Trinajstić information content (AvgIpc) is 3.08. The normalized spacial score (nSPS) is 13.6. The lowest BCUT2D eigenvalue weighted by Gasteiger charge is -2.00. The Bertz CT molecular complexity index is 682. The van der Waals surface area contributed by atoms with E-state index < -0.39 is 0 Å². The maximum atomic E-state index is 9.19. The van der Waals surface area contributed by atoms with Crippen molar-refractivity contribution in [3.05, 3.63) is 47.9 Å². The summed E-state index contributed by atoms with van der Waals surface area (Å²) in [5.41, 5.74) is 7.70. The Hall–Kier alpha value is -2.67. The molecule has 2 N–H and O–H groups in total. The van der Waals surface area contributed by atoms with E-state index in [4.69, 9.17) is 14.6 Å². The molecule has 0 saturated carbocycles. The molecular formula is C14H10N2O2. The van der Waals surface area contributed by atoms with Gasteiger partial charge in [-0.1, -0.05) is 18.2 Å². The van der Waals surface area contributed by atoms with E-state index in [2.05, 4.69) is 6.07 Å². The number of nitrogens with two attached hydrogens (primary N) is 1. The maximum absolute atomic E-state index is 9.19. The largest absolute Gasteiger partial charge is 0.464 e. The molecule has 2 aromatic heterocycles. The van der Waals surface area contributed by atoms with Gasteiger partial charge in [0, 0.05) is 0 Å².